The molecule has 1 fully saturated rings. The van der Waals surface area contributed by atoms with Gasteiger partial charge in [-0.3, -0.25) is 9.69 Å². The van der Waals surface area contributed by atoms with Crippen LogP contribution in [0.2, 0.25) is 0 Å². The Hall–Kier alpha value is -1.53. The summed E-state index contributed by atoms with van der Waals surface area (Å²) >= 11 is 0. The molecule has 1 amide bonds. The number of amides is 1. The first-order valence-corrected chi connectivity index (χ1v) is 7.16. The number of nitrogens with zero attached hydrogens (tertiary/aromatic N) is 1. The van der Waals surface area contributed by atoms with Gasteiger partial charge in [0.25, 0.3) is 0 Å². The Balaban J connectivity index is 1.84. The molecule has 0 heterocycles. The van der Waals surface area contributed by atoms with E-state index in [2.05, 4.69) is 5.32 Å². The maximum absolute atomic E-state index is 13.1. The van der Waals surface area contributed by atoms with Crippen molar-refractivity contribution in [3.05, 3.63) is 29.8 Å². The Bertz CT molecular complexity index is 502. The van der Waals surface area contributed by atoms with Crippen LogP contribution >= 0.6 is 0 Å². The van der Waals surface area contributed by atoms with E-state index in [9.17, 15) is 13.6 Å². The minimum Gasteiger partial charge on any atom is -0.328 e. The van der Waals surface area contributed by atoms with Crippen LogP contribution in [-0.4, -0.2) is 36.5 Å². The van der Waals surface area contributed by atoms with Crippen LogP contribution in [-0.2, 0) is 4.79 Å². The molecule has 0 aromatic heterocycles. The molecule has 4 nitrogen and oxygen atoms in total. The molecule has 0 aliphatic heterocycles. The normalized spacial score (nSPS) is 22.3. The molecule has 0 saturated heterocycles. The third kappa shape index (κ3) is 4.47. The van der Waals surface area contributed by atoms with Crippen molar-refractivity contribution >= 4 is 11.6 Å². The van der Waals surface area contributed by atoms with Crippen LogP contribution in [0.15, 0.2) is 18.2 Å². The molecule has 1 aliphatic carbocycles. The lowest BCUT2D eigenvalue weighted by Gasteiger charge is -2.33. The lowest BCUT2D eigenvalue weighted by atomic mass is 9.91. The molecule has 0 spiro atoms. The van der Waals surface area contributed by atoms with Crippen molar-refractivity contribution in [1.29, 1.82) is 0 Å². The zero-order valence-electron chi connectivity index (χ0n) is 12.1. The molecular formula is C15H21F2N3O. The van der Waals surface area contributed by atoms with Crippen molar-refractivity contribution in [1.82, 2.24) is 4.90 Å². The van der Waals surface area contributed by atoms with Gasteiger partial charge in [-0.15, -0.1) is 0 Å². The van der Waals surface area contributed by atoms with Crippen LogP contribution in [0.4, 0.5) is 14.5 Å². The number of hydrogen-bond acceptors (Lipinski definition) is 3. The van der Waals surface area contributed by atoms with Gasteiger partial charge in [-0.25, -0.2) is 8.78 Å². The van der Waals surface area contributed by atoms with Crippen molar-refractivity contribution in [3.8, 4) is 0 Å². The number of carbonyl (C=O) groups excluding carboxylic acids is 1. The maximum atomic E-state index is 13.1. The molecule has 0 radical (unpaired) electrons. The minimum atomic E-state index is -0.970. The van der Waals surface area contributed by atoms with E-state index < -0.39 is 11.6 Å². The van der Waals surface area contributed by atoms with Gasteiger partial charge in [0, 0.05) is 23.8 Å². The van der Waals surface area contributed by atoms with Crippen LogP contribution in [0.1, 0.15) is 25.7 Å². The molecule has 6 heteroatoms. The third-order valence-corrected chi connectivity index (χ3v) is 3.96. The fourth-order valence-corrected chi connectivity index (χ4v) is 2.67. The Morgan fingerprint density at radius 3 is 2.57 bits per heavy atom. The van der Waals surface area contributed by atoms with Crippen LogP contribution in [0.25, 0.3) is 0 Å². The number of nitrogens with two attached hydrogens (primary N) is 1. The van der Waals surface area contributed by atoms with E-state index in [1.54, 1.807) is 0 Å². The fourth-order valence-electron chi connectivity index (χ4n) is 2.67. The van der Waals surface area contributed by atoms with Crippen LogP contribution in [0, 0.1) is 11.6 Å². The molecule has 3 N–H and O–H groups in total. The van der Waals surface area contributed by atoms with Crippen molar-refractivity contribution < 1.29 is 13.6 Å². The maximum Gasteiger partial charge on any atom is 0.238 e. The van der Waals surface area contributed by atoms with Gasteiger partial charge >= 0.3 is 0 Å². The monoisotopic (exact) mass is 297 g/mol. The average molecular weight is 297 g/mol. The molecule has 0 unspecified atom stereocenters. The first kappa shape index (κ1) is 15.9. The topological polar surface area (TPSA) is 58.4 Å². The van der Waals surface area contributed by atoms with Gasteiger partial charge in [0.1, 0.15) is 0 Å². The fraction of sp³-hybridized carbons (Fsp3) is 0.533. The Morgan fingerprint density at radius 1 is 1.29 bits per heavy atom. The lowest BCUT2D eigenvalue weighted by molar-refractivity contribution is -0.117. The predicted octanol–water partition coefficient (Wildman–Crippen LogP) is 2.10. The number of rotatable bonds is 4. The summed E-state index contributed by atoms with van der Waals surface area (Å²) < 4.78 is 25.9. The SMILES string of the molecule is CN(CC(=O)Nc1ccc(F)c(F)c1)C1CCC(N)CC1. The van der Waals surface area contributed by atoms with E-state index in [1.807, 2.05) is 11.9 Å². The van der Waals surface area contributed by atoms with Gasteiger partial charge in [-0.2, -0.15) is 0 Å². The number of anilines is 1. The second-order valence-corrected chi connectivity index (χ2v) is 5.66. The summed E-state index contributed by atoms with van der Waals surface area (Å²) in [6.45, 7) is 0.221. The molecule has 21 heavy (non-hydrogen) atoms. The second kappa shape index (κ2) is 6.95. The molecule has 0 atom stereocenters. The van der Waals surface area contributed by atoms with Gasteiger partial charge in [-0.1, -0.05) is 0 Å². The lowest BCUT2D eigenvalue weighted by Crippen LogP contribution is -2.42. The van der Waals surface area contributed by atoms with Crippen molar-refractivity contribution in [2.24, 2.45) is 5.73 Å². The van der Waals surface area contributed by atoms with Gasteiger partial charge in [0.05, 0.1) is 6.54 Å². The third-order valence-electron chi connectivity index (χ3n) is 3.96. The number of nitrogens with one attached hydrogen (secondary N) is 1. The Morgan fingerprint density at radius 2 is 1.95 bits per heavy atom. The van der Waals surface area contributed by atoms with Crippen LogP contribution < -0.4 is 11.1 Å². The zero-order chi connectivity index (χ0) is 15.4. The molecule has 1 aliphatic rings. The molecule has 1 aromatic carbocycles. The van der Waals surface area contributed by atoms with E-state index in [4.69, 9.17) is 5.73 Å². The zero-order valence-corrected chi connectivity index (χ0v) is 12.1. The largest absolute Gasteiger partial charge is 0.328 e. The van der Waals surface area contributed by atoms with Crippen molar-refractivity contribution in [2.45, 2.75) is 37.8 Å². The van der Waals surface area contributed by atoms with E-state index in [0.29, 0.717) is 6.04 Å². The van der Waals surface area contributed by atoms with Crippen LogP contribution in [0.5, 0.6) is 0 Å². The summed E-state index contributed by atoms with van der Waals surface area (Å²) in [4.78, 5) is 13.9. The molecule has 2 rings (SSSR count). The standard InChI is InChI=1S/C15H21F2N3O/c1-20(12-5-2-10(18)3-6-12)9-15(21)19-11-4-7-13(16)14(17)8-11/h4,7-8,10,12H,2-3,5-6,9,18H2,1H3,(H,19,21). The molecule has 116 valence electrons. The summed E-state index contributed by atoms with van der Waals surface area (Å²) in [5.41, 5.74) is 6.12. The van der Waals surface area contributed by atoms with Gasteiger partial charge < -0.3 is 11.1 Å². The molecule has 1 saturated carbocycles. The summed E-state index contributed by atoms with van der Waals surface area (Å²) in [6, 6.07) is 3.94. The number of carbonyl (C=O) groups is 1. The highest BCUT2D eigenvalue weighted by Crippen LogP contribution is 2.21. The van der Waals surface area contributed by atoms with E-state index in [0.717, 1.165) is 37.8 Å². The van der Waals surface area contributed by atoms with E-state index >= 15 is 0 Å². The summed E-state index contributed by atoms with van der Waals surface area (Å²) in [7, 11) is 1.90. The summed E-state index contributed by atoms with van der Waals surface area (Å²) in [5, 5.41) is 2.58. The van der Waals surface area contributed by atoms with E-state index in [1.165, 1.54) is 6.07 Å². The number of benzene rings is 1. The molecule has 0 bridgehead atoms. The highest BCUT2D eigenvalue weighted by atomic mass is 19.2. The van der Waals surface area contributed by atoms with Crippen molar-refractivity contribution in [3.63, 3.8) is 0 Å². The number of halogens is 2. The minimum absolute atomic E-state index is 0.221. The predicted molar refractivity (Wildman–Crippen MR) is 77.8 cm³/mol. The quantitative estimate of drug-likeness (QED) is 0.895. The smallest absolute Gasteiger partial charge is 0.238 e. The average Bonchev–Trinajstić information content (AvgIpc) is 2.43. The summed E-state index contributed by atoms with van der Waals surface area (Å²) in [6.07, 6.45) is 3.91. The first-order chi connectivity index (χ1) is 9.95. The van der Waals surface area contributed by atoms with E-state index in [-0.39, 0.29) is 24.2 Å². The molecular weight excluding hydrogens is 276 g/mol. The highest BCUT2D eigenvalue weighted by Gasteiger charge is 2.23. The second-order valence-electron chi connectivity index (χ2n) is 5.66. The summed E-state index contributed by atoms with van der Waals surface area (Å²) in [5.74, 6) is -2.13. The highest BCUT2D eigenvalue weighted by molar-refractivity contribution is 5.92. The Kier molecular flexibility index (Phi) is 5.25. The van der Waals surface area contributed by atoms with Gasteiger partial charge in [0.2, 0.25) is 5.91 Å². The number of likely N-dealkylation sites (N-methyl/N-ethyl adjacent to an activating group) is 1. The molecule has 1 aromatic rings. The van der Waals surface area contributed by atoms with Crippen LogP contribution in [0.3, 0.4) is 0 Å². The Labute approximate surface area is 123 Å². The number of hydrogen-bond donors (Lipinski definition) is 2. The van der Waals surface area contributed by atoms with Gasteiger partial charge in [-0.05, 0) is 44.9 Å². The van der Waals surface area contributed by atoms with Gasteiger partial charge in [0.15, 0.2) is 11.6 Å². The van der Waals surface area contributed by atoms with Crippen molar-refractivity contribution in [2.75, 3.05) is 18.9 Å². The first-order valence-electron chi connectivity index (χ1n) is 7.16.